The van der Waals surface area contributed by atoms with Crippen molar-refractivity contribution in [3.8, 4) is 11.5 Å². The molecule has 1 atom stereocenters. The minimum Gasteiger partial charge on any atom is -0.493 e. The van der Waals surface area contributed by atoms with E-state index in [1.54, 1.807) is 19.9 Å². The lowest BCUT2D eigenvalue weighted by molar-refractivity contribution is -0.153. The SMILES string of the molecule is COc1ccc(CCNC[C@@H](CC(C)(C)C=O)NC(=O)O)cc1OCC(F)(F)F. The van der Waals surface area contributed by atoms with Crippen molar-refractivity contribution < 1.29 is 37.3 Å². The fraction of sp³-hybridized carbons (Fsp3) is 0.579. The summed E-state index contributed by atoms with van der Waals surface area (Å²) >= 11 is 0. The number of ether oxygens (including phenoxy) is 2. The molecule has 7 nitrogen and oxygen atoms in total. The van der Waals surface area contributed by atoms with Crippen LogP contribution < -0.4 is 20.1 Å². The second-order valence-corrected chi connectivity index (χ2v) is 7.30. The number of rotatable bonds is 12. The molecule has 0 aliphatic carbocycles. The van der Waals surface area contributed by atoms with Crippen LogP contribution in [0.1, 0.15) is 25.8 Å². The number of carbonyl (C=O) groups is 2. The van der Waals surface area contributed by atoms with Gasteiger partial charge in [0.25, 0.3) is 0 Å². The van der Waals surface area contributed by atoms with Crippen molar-refractivity contribution in [2.75, 3.05) is 26.8 Å². The molecule has 29 heavy (non-hydrogen) atoms. The quantitative estimate of drug-likeness (QED) is 0.355. The molecule has 0 aromatic heterocycles. The predicted molar refractivity (Wildman–Crippen MR) is 101 cm³/mol. The Morgan fingerprint density at radius 3 is 2.52 bits per heavy atom. The van der Waals surface area contributed by atoms with Crippen LogP contribution in [0.4, 0.5) is 18.0 Å². The number of carboxylic acid groups (broad SMARTS) is 1. The van der Waals surface area contributed by atoms with Crippen LogP contribution in [0.5, 0.6) is 11.5 Å². The summed E-state index contributed by atoms with van der Waals surface area (Å²) in [4.78, 5) is 22.0. The highest BCUT2D eigenvalue weighted by Gasteiger charge is 2.29. The van der Waals surface area contributed by atoms with Crippen molar-refractivity contribution in [3.05, 3.63) is 23.8 Å². The first-order valence-electron chi connectivity index (χ1n) is 8.99. The third kappa shape index (κ3) is 10.0. The molecule has 0 heterocycles. The van der Waals surface area contributed by atoms with Gasteiger partial charge in [-0.2, -0.15) is 13.2 Å². The van der Waals surface area contributed by atoms with Crippen LogP contribution in [-0.2, 0) is 11.2 Å². The number of halogens is 3. The van der Waals surface area contributed by atoms with E-state index >= 15 is 0 Å². The summed E-state index contributed by atoms with van der Waals surface area (Å²) in [7, 11) is 1.34. The Morgan fingerprint density at radius 1 is 1.28 bits per heavy atom. The average Bonchev–Trinajstić information content (AvgIpc) is 2.62. The Balaban J connectivity index is 2.63. The fourth-order valence-corrected chi connectivity index (χ4v) is 2.69. The lowest BCUT2D eigenvalue weighted by atomic mass is 9.87. The Kier molecular flexibility index (Phi) is 9.22. The van der Waals surface area contributed by atoms with Crippen LogP contribution in [0.2, 0.25) is 0 Å². The van der Waals surface area contributed by atoms with Crippen molar-refractivity contribution in [3.63, 3.8) is 0 Å². The van der Waals surface area contributed by atoms with Crippen LogP contribution in [0.3, 0.4) is 0 Å². The molecule has 0 radical (unpaired) electrons. The van der Waals surface area contributed by atoms with E-state index in [-0.39, 0.29) is 11.5 Å². The maximum absolute atomic E-state index is 12.4. The molecule has 0 aliphatic heterocycles. The normalized spacial score (nSPS) is 12.9. The second-order valence-electron chi connectivity index (χ2n) is 7.30. The number of hydrogen-bond acceptors (Lipinski definition) is 5. The zero-order chi connectivity index (χ0) is 22.1. The fourth-order valence-electron chi connectivity index (χ4n) is 2.69. The molecule has 164 valence electrons. The molecule has 1 aromatic carbocycles. The topological polar surface area (TPSA) is 96.9 Å². The van der Waals surface area contributed by atoms with Crippen LogP contribution in [0, 0.1) is 5.41 Å². The van der Waals surface area contributed by atoms with E-state index in [0.717, 1.165) is 11.8 Å². The molecule has 10 heteroatoms. The summed E-state index contributed by atoms with van der Waals surface area (Å²) in [6.45, 7) is 2.77. The van der Waals surface area contributed by atoms with E-state index in [2.05, 4.69) is 10.6 Å². The number of methoxy groups -OCH3 is 1. The lowest BCUT2D eigenvalue weighted by Crippen LogP contribution is -2.44. The average molecular weight is 420 g/mol. The number of carbonyl (C=O) groups excluding carboxylic acids is 1. The smallest absolute Gasteiger partial charge is 0.422 e. The van der Waals surface area contributed by atoms with Crippen LogP contribution in [0.25, 0.3) is 0 Å². The molecule has 0 aliphatic rings. The Labute approximate surface area is 167 Å². The van der Waals surface area contributed by atoms with Gasteiger partial charge in [-0.1, -0.05) is 19.9 Å². The highest BCUT2D eigenvalue weighted by molar-refractivity contribution is 5.65. The molecule has 0 saturated carbocycles. The number of nitrogens with one attached hydrogen (secondary N) is 2. The van der Waals surface area contributed by atoms with Crippen molar-refractivity contribution in [1.82, 2.24) is 10.6 Å². The molecule has 0 unspecified atom stereocenters. The van der Waals surface area contributed by atoms with Gasteiger partial charge in [-0.25, -0.2) is 4.79 Å². The minimum atomic E-state index is -4.45. The summed E-state index contributed by atoms with van der Waals surface area (Å²) in [6, 6.07) is 4.26. The molecule has 1 rings (SSSR count). The molecule has 1 amide bonds. The van der Waals surface area contributed by atoms with E-state index in [9.17, 15) is 22.8 Å². The number of hydrogen-bond donors (Lipinski definition) is 3. The molecule has 0 saturated heterocycles. The van der Waals surface area contributed by atoms with Crippen molar-refractivity contribution >= 4 is 12.4 Å². The maximum Gasteiger partial charge on any atom is 0.422 e. The van der Waals surface area contributed by atoms with Crippen molar-refractivity contribution in [2.24, 2.45) is 5.41 Å². The molecular formula is C19H27F3N2O5. The van der Waals surface area contributed by atoms with Crippen molar-refractivity contribution in [1.29, 1.82) is 0 Å². The van der Waals surface area contributed by atoms with Gasteiger partial charge in [-0.05, 0) is 37.1 Å². The standard InChI is InChI=1S/C19H27F3N2O5/c1-18(2,11-25)9-14(24-17(26)27)10-23-7-6-13-4-5-15(28-3)16(8-13)29-12-19(20,21)22/h4-5,8,11,14,23-24H,6-7,9-10,12H2,1-3H3,(H,26,27)/t14-/m1/s1. The van der Waals surface area contributed by atoms with Gasteiger partial charge in [0.2, 0.25) is 0 Å². The van der Waals surface area contributed by atoms with Gasteiger partial charge in [0.1, 0.15) is 6.29 Å². The Bertz CT molecular complexity index is 680. The largest absolute Gasteiger partial charge is 0.493 e. The third-order valence-corrected chi connectivity index (χ3v) is 4.02. The molecule has 0 fully saturated rings. The number of aldehydes is 1. The minimum absolute atomic E-state index is 0.000443. The van der Waals surface area contributed by atoms with Crippen LogP contribution in [-0.4, -0.2) is 56.5 Å². The zero-order valence-electron chi connectivity index (χ0n) is 16.6. The first-order chi connectivity index (χ1) is 13.5. The molecular weight excluding hydrogens is 393 g/mol. The third-order valence-electron chi connectivity index (χ3n) is 4.02. The zero-order valence-corrected chi connectivity index (χ0v) is 16.6. The predicted octanol–water partition coefficient (Wildman–Crippen LogP) is 3.02. The summed E-state index contributed by atoms with van der Waals surface area (Å²) in [5, 5.41) is 14.4. The van der Waals surface area contributed by atoms with E-state index in [4.69, 9.17) is 14.6 Å². The van der Waals surface area contributed by atoms with E-state index in [0.29, 0.717) is 25.9 Å². The highest BCUT2D eigenvalue weighted by Crippen LogP contribution is 2.30. The second kappa shape index (κ2) is 10.9. The molecule has 0 spiro atoms. The van der Waals surface area contributed by atoms with E-state index in [1.165, 1.54) is 19.2 Å². The summed E-state index contributed by atoms with van der Waals surface area (Å²) in [5.41, 5.74) is 0.0571. The van der Waals surface area contributed by atoms with Gasteiger partial charge >= 0.3 is 12.3 Å². The first-order valence-corrected chi connectivity index (χ1v) is 8.99. The van der Waals surface area contributed by atoms with Crippen LogP contribution in [0.15, 0.2) is 18.2 Å². The Morgan fingerprint density at radius 2 is 1.97 bits per heavy atom. The first kappa shape index (κ1) is 24.5. The number of amides is 1. The van der Waals surface area contributed by atoms with Gasteiger partial charge < -0.3 is 30.0 Å². The summed E-state index contributed by atoms with van der Waals surface area (Å²) < 4.78 is 47.0. The van der Waals surface area contributed by atoms with E-state index in [1.807, 2.05) is 0 Å². The summed E-state index contributed by atoms with van der Waals surface area (Å²) in [5.74, 6) is 0.202. The summed E-state index contributed by atoms with van der Waals surface area (Å²) in [6.07, 6.45) is -4.05. The van der Waals surface area contributed by atoms with Gasteiger partial charge in [-0.3, -0.25) is 0 Å². The Hall–Kier alpha value is -2.49. The van der Waals surface area contributed by atoms with Crippen molar-refractivity contribution in [2.45, 2.75) is 38.9 Å². The van der Waals surface area contributed by atoms with Gasteiger partial charge in [0, 0.05) is 18.0 Å². The monoisotopic (exact) mass is 420 g/mol. The van der Waals surface area contributed by atoms with E-state index < -0.39 is 30.3 Å². The maximum atomic E-state index is 12.4. The lowest BCUT2D eigenvalue weighted by Gasteiger charge is -2.25. The van der Waals surface area contributed by atoms with Gasteiger partial charge in [0.15, 0.2) is 18.1 Å². The molecule has 1 aromatic rings. The number of benzene rings is 1. The molecule has 3 N–H and O–H groups in total. The van der Waals surface area contributed by atoms with Gasteiger partial charge in [-0.15, -0.1) is 0 Å². The van der Waals surface area contributed by atoms with Gasteiger partial charge in [0.05, 0.1) is 7.11 Å². The molecule has 0 bridgehead atoms. The highest BCUT2D eigenvalue weighted by atomic mass is 19.4. The van der Waals surface area contributed by atoms with Crippen LogP contribution >= 0.6 is 0 Å². The number of alkyl halides is 3.